The number of methoxy groups -OCH3 is 1. The number of nitrogen functional groups attached to an aromatic ring is 4. The van der Waals surface area contributed by atoms with Crippen LogP contribution in [-0.2, 0) is 54.8 Å². The van der Waals surface area contributed by atoms with E-state index in [1.54, 1.807) is 48.9 Å². The average molecular weight is 1700 g/mol. The van der Waals surface area contributed by atoms with Crippen molar-refractivity contribution in [3.05, 3.63) is 209 Å². The Morgan fingerprint density at radius 3 is 1.50 bits per heavy atom. The maximum absolute atomic E-state index is 12.9. The fourth-order valence-electron chi connectivity index (χ4n) is 16.0. The van der Waals surface area contributed by atoms with Crippen LogP contribution in [0.4, 0.5) is 28.1 Å². The number of carbonyl (C=O) groups is 5. The molecule has 0 spiro atoms. The van der Waals surface area contributed by atoms with Crippen molar-refractivity contribution in [1.29, 1.82) is 5.26 Å². The van der Waals surface area contributed by atoms with Crippen molar-refractivity contribution in [2.45, 2.75) is 125 Å². The van der Waals surface area contributed by atoms with Crippen LogP contribution >= 0.6 is 15.9 Å². The molecular weight excluding hydrogens is 1610 g/mol. The summed E-state index contributed by atoms with van der Waals surface area (Å²) in [5.74, 6) is -0.822. The zero-order chi connectivity index (χ0) is 85.1. The van der Waals surface area contributed by atoms with Gasteiger partial charge in [0.2, 0.25) is 0 Å². The number of nitrogens with one attached hydrogen (secondary N) is 3. The molecule has 4 fully saturated rings. The van der Waals surface area contributed by atoms with E-state index in [0.29, 0.717) is 101 Å². The number of piperidine rings is 4. The Morgan fingerprint density at radius 2 is 1.01 bits per heavy atom. The maximum atomic E-state index is 12.9. The van der Waals surface area contributed by atoms with Crippen molar-refractivity contribution < 1.29 is 48.8 Å². The monoisotopic (exact) mass is 1700 g/mol. The van der Waals surface area contributed by atoms with Crippen LogP contribution in [0.5, 0.6) is 0 Å². The van der Waals surface area contributed by atoms with Crippen LogP contribution in [0.25, 0.3) is 78.0 Å². The lowest BCUT2D eigenvalue weighted by atomic mass is 9.86. The van der Waals surface area contributed by atoms with Crippen molar-refractivity contribution in [3.63, 3.8) is 0 Å². The van der Waals surface area contributed by atoms with Gasteiger partial charge in [-0.05, 0) is 122 Å². The predicted molar refractivity (Wildman–Crippen MR) is 456 cm³/mol. The highest BCUT2D eigenvalue weighted by Gasteiger charge is 2.39. The Labute approximate surface area is 701 Å². The van der Waals surface area contributed by atoms with Crippen molar-refractivity contribution in [2.24, 2.45) is 14.1 Å². The SMILES string of the molecule is CC(C)(C#N)c1ccc(-c2cnn3c(N)cc(C4CCC(C(=O)O)NC4)nc23)cc1.COC(=O)C1CCC(c2cc(N)n3ncc(-c4cnc5ccccc5c4)c3n2)CN1.Cn1ccc(-c2cnn3c(N)c(Br)c(C4CCC(C(=O)O)NC4)nc23)c1.Cn1ccc(-c2cnn3c(N)cc(C4CCC(C(=O)O)N(C(=O)OCc5ccccc5)C4)nc23)c1. The van der Waals surface area contributed by atoms with Gasteiger partial charge < -0.3 is 72.8 Å². The fraction of sp³-hybridized carbons (Fsp3) is 0.314. The number of pyridine rings is 1. The number of aryl methyl sites for hydroxylation is 2. The Hall–Kier alpha value is -13.7. The maximum Gasteiger partial charge on any atom is 0.410 e. The molecule has 15 heterocycles. The molecule has 8 atom stereocenters. The summed E-state index contributed by atoms with van der Waals surface area (Å²) in [6.45, 7) is 5.75. The number of ether oxygens (including phenoxy) is 2. The average Bonchev–Trinajstić information content (AvgIpc) is 1.66. The second-order valence-corrected chi connectivity index (χ2v) is 32.1. The van der Waals surface area contributed by atoms with Crippen LogP contribution in [0.15, 0.2) is 176 Å². The number of hydrogen-bond donors (Lipinski definition) is 10. The van der Waals surface area contributed by atoms with Gasteiger partial charge in [-0.15, -0.1) is 0 Å². The lowest BCUT2D eigenvalue weighted by Crippen LogP contribution is -2.50. The summed E-state index contributed by atoms with van der Waals surface area (Å²) in [5.41, 5.74) is 40.6. The molecule has 121 heavy (non-hydrogen) atoms. The Kier molecular flexibility index (Phi) is 23.9. The minimum Gasteiger partial charge on any atom is -0.480 e. The lowest BCUT2D eigenvalue weighted by molar-refractivity contribution is -0.144. The van der Waals surface area contributed by atoms with E-state index in [-0.39, 0.29) is 55.3 Å². The molecule has 0 bridgehead atoms. The molecule has 0 radical (unpaired) electrons. The lowest BCUT2D eigenvalue weighted by Gasteiger charge is -2.36. The standard InChI is InChI=1S/C25H26N6O4.C22H22N6O2.C22H24N6O2.C17H19BrN6O2/c1-29-10-9-17(13-29)19-12-27-31-22(26)11-20(28-23(19)31)18-7-8-21(24(32)33)30(14-18)25(34)35-15-16-5-3-2-4-6-16;1-30-22(29)18-7-6-14(10-25-18)19-9-20(23)28-21(27-19)16(12-26-28)15-8-13-4-2-3-5-17(13)24-11-15;1-22(2,12-23)15-6-3-13(4-7-15)16-11-26-28-19(24)9-18(27-20(16)28)14-5-8-17(21(29)30)25-10-14;1-23-5-4-10(8-23)11-7-21-24-15(19)13(18)14(22-16(11)24)9-2-3-12(17(25)26)20-6-9/h2-6,9-13,18,21H,7-8,14-15,26H2,1H3,(H,32,33);2-5,8-9,11-12,14,18,25H,6-7,10,23H2,1H3;3-4,6-7,9,11,14,17,25H,5,8,10,24H2,1-2H3,(H,29,30);4-5,7-9,12,20H,2-3,6,19H2,1H3,(H,25,26). The zero-order valence-electron chi connectivity index (χ0n) is 67.0. The van der Waals surface area contributed by atoms with Crippen molar-refractivity contribution in [2.75, 3.05) is 56.2 Å². The molecule has 4 aliphatic heterocycles. The second-order valence-electron chi connectivity index (χ2n) is 31.3. The fourth-order valence-corrected chi connectivity index (χ4v) is 16.5. The number of carboxylic acids is 3. The molecule has 34 nitrogen and oxygen atoms in total. The first-order valence-electron chi connectivity index (χ1n) is 39.6. The summed E-state index contributed by atoms with van der Waals surface area (Å²) >= 11 is 3.55. The number of aliphatic carboxylic acids is 3. The highest BCUT2D eigenvalue weighted by Crippen LogP contribution is 2.39. The van der Waals surface area contributed by atoms with Crippen LogP contribution in [0.1, 0.15) is 123 Å². The number of nitrogens with zero attached hydrogens (tertiary/aromatic N) is 17. The van der Waals surface area contributed by atoms with Crippen molar-refractivity contribution >= 4 is 103 Å². The van der Waals surface area contributed by atoms with Gasteiger partial charge in [0.15, 0.2) is 22.6 Å². The molecule has 18 rings (SSSR count). The number of likely N-dealkylation sites (tertiary alicyclic amines) is 1. The molecular formula is C86H91BrN24O10. The largest absolute Gasteiger partial charge is 0.480 e. The van der Waals surface area contributed by atoms with Crippen LogP contribution < -0.4 is 38.9 Å². The number of nitrogens with two attached hydrogens (primary N) is 4. The van der Waals surface area contributed by atoms with E-state index in [4.69, 9.17) is 57.5 Å². The van der Waals surface area contributed by atoms with Gasteiger partial charge in [-0.1, -0.05) is 72.8 Å². The summed E-state index contributed by atoms with van der Waals surface area (Å²) in [5, 5.41) is 65.4. The van der Waals surface area contributed by atoms with Crippen molar-refractivity contribution in [1.82, 2.24) is 93.4 Å². The van der Waals surface area contributed by atoms with E-state index in [1.807, 2.05) is 171 Å². The molecule has 622 valence electrons. The Balaban J connectivity index is 0.000000126. The third kappa shape index (κ3) is 17.5. The van der Waals surface area contributed by atoms with Crippen LogP contribution in [0.2, 0.25) is 0 Å². The summed E-state index contributed by atoms with van der Waals surface area (Å²) in [4.78, 5) is 84.2. The molecule has 14 aromatic rings. The number of para-hydroxylation sites is 1. The number of carbonyl (C=O) groups excluding carboxylic acids is 2. The molecule has 4 saturated heterocycles. The highest BCUT2D eigenvalue weighted by molar-refractivity contribution is 9.10. The van der Waals surface area contributed by atoms with E-state index in [0.717, 1.165) is 103 Å². The van der Waals surface area contributed by atoms with Gasteiger partial charge in [-0.2, -0.15) is 43.7 Å². The molecule has 35 heteroatoms. The topological polar surface area (TPSA) is 475 Å². The van der Waals surface area contributed by atoms with Gasteiger partial charge in [0, 0.05) is 157 Å². The van der Waals surface area contributed by atoms with Gasteiger partial charge in [0.1, 0.15) is 54.0 Å². The summed E-state index contributed by atoms with van der Waals surface area (Å²) in [6, 6.07) is 36.7. The van der Waals surface area contributed by atoms with Crippen molar-refractivity contribution in [3.8, 4) is 50.6 Å². The van der Waals surface area contributed by atoms with Gasteiger partial charge in [0.05, 0.1) is 76.1 Å². The number of amides is 1. The molecule has 0 saturated carbocycles. The molecule has 14 N–H and O–H groups in total. The first-order valence-corrected chi connectivity index (χ1v) is 40.4. The van der Waals surface area contributed by atoms with Gasteiger partial charge in [-0.3, -0.25) is 24.3 Å². The number of nitriles is 1. The minimum absolute atomic E-state index is 0.0700. The minimum atomic E-state index is -1.05. The van der Waals surface area contributed by atoms with E-state index in [9.17, 15) is 39.4 Å². The number of anilines is 4. The number of fused-ring (bicyclic) bond motifs is 5. The molecule has 3 aromatic carbocycles. The third-order valence-electron chi connectivity index (χ3n) is 22.9. The molecule has 1 amide bonds. The van der Waals surface area contributed by atoms with E-state index < -0.39 is 47.5 Å². The van der Waals surface area contributed by atoms with Gasteiger partial charge >= 0.3 is 30.0 Å². The number of rotatable bonds is 15. The molecule has 0 aliphatic carbocycles. The van der Waals surface area contributed by atoms with Crippen LogP contribution in [-0.4, -0.2) is 180 Å². The van der Waals surface area contributed by atoms with Crippen LogP contribution in [0.3, 0.4) is 0 Å². The first-order chi connectivity index (χ1) is 58.3. The van der Waals surface area contributed by atoms with E-state index in [1.165, 1.54) is 12.0 Å². The number of hydrogen-bond acceptors (Lipinski definition) is 24. The number of aromatic nitrogens is 15. The number of carboxylic acid groups (broad SMARTS) is 3. The third-order valence-corrected chi connectivity index (χ3v) is 23.7. The Bertz CT molecular complexity index is 6240. The summed E-state index contributed by atoms with van der Waals surface area (Å²) in [7, 11) is 5.31. The summed E-state index contributed by atoms with van der Waals surface area (Å²) in [6.07, 6.45) is 21.0. The quantitative estimate of drug-likeness (QED) is 0.0426. The van der Waals surface area contributed by atoms with Crippen LogP contribution in [0, 0.1) is 11.3 Å². The highest BCUT2D eigenvalue weighted by atomic mass is 79.9. The van der Waals surface area contributed by atoms with Gasteiger partial charge in [-0.25, -0.2) is 29.5 Å². The van der Waals surface area contributed by atoms with E-state index >= 15 is 0 Å². The molecule has 11 aromatic heterocycles. The van der Waals surface area contributed by atoms with E-state index in [2.05, 4.69) is 69.4 Å². The normalized spacial score (nSPS) is 19.2. The summed E-state index contributed by atoms with van der Waals surface area (Å²) < 4.78 is 21.4. The second kappa shape index (κ2) is 35.1. The number of esters is 1. The first kappa shape index (κ1) is 82.4. The predicted octanol–water partition coefficient (Wildman–Crippen LogP) is 10.5. The molecule has 4 aliphatic rings. The number of benzene rings is 3. The smallest absolute Gasteiger partial charge is 0.410 e. The van der Waals surface area contributed by atoms with Gasteiger partial charge in [0.25, 0.3) is 0 Å². The zero-order valence-corrected chi connectivity index (χ0v) is 68.6. The molecule has 8 unspecified atom stereocenters. The number of halogens is 1. The Morgan fingerprint density at radius 1 is 0.537 bits per heavy atom.